The van der Waals surface area contributed by atoms with E-state index in [1.807, 2.05) is 12.1 Å². The first-order chi connectivity index (χ1) is 12.9. The molecule has 0 aliphatic heterocycles. The molecule has 0 atom stereocenters. The molecular formula is C20H20ClNO5. The normalized spacial score (nSPS) is 10.1. The van der Waals surface area contributed by atoms with E-state index in [4.69, 9.17) is 21.1 Å². The number of hydrogen-bond acceptors (Lipinski definition) is 5. The highest BCUT2D eigenvalue weighted by atomic mass is 35.5. The van der Waals surface area contributed by atoms with Crippen LogP contribution < -0.4 is 10.1 Å². The molecule has 0 aliphatic rings. The lowest BCUT2D eigenvalue weighted by Crippen LogP contribution is -2.31. The van der Waals surface area contributed by atoms with Crippen LogP contribution in [-0.2, 0) is 20.7 Å². The molecule has 0 spiro atoms. The van der Waals surface area contributed by atoms with Crippen molar-refractivity contribution < 1.29 is 23.9 Å². The summed E-state index contributed by atoms with van der Waals surface area (Å²) in [7, 11) is 0. The van der Waals surface area contributed by atoms with Crippen LogP contribution in [0.15, 0.2) is 48.5 Å². The maximum Gasteiger partial charge on any atom is 0.344 e. The van der Waals surface area contributed by atoms with Gasteiger partial charge in [-0.25, -0.2) is 4.79 Å². The second-order valence-corrected chi connectivity index (χ2v) is 6.19. The van der Waals surface area contributed by atoms with E-state index in [0.29, 0.717) is 29.3 Å². The molecular weight excluding hydrogens is 370 g/mol. The minimum Gasteiger partial charge on any atom is -0.482 e. The predicted molar refractivity (Wildman–Crippen MR) is 101 cm³/mol. The topological polar surface area (TPSA) is 81.7 Å². The van der Waals surface area contributed by atoms with Crippen molar-refractivity contribution in [2.24, 2.45) is 0 Å². The monoisotopic (exact) mass is 389 g/mol. The molecule has 7 heteroatoms. The third kappa shape index (κ3) is 7.50. The summed E-state index contributed by atoms with van der Waals surface area (Å²) in [5.74, 6) is -0.658. The van der Waals surface area contributed by atoms with Gasteiger partial charge in [0.2, 0.25) is 0 Å². The van der Waals surface area contributed by atoms with Gasteiger partial charge in [0.25, 0.3) is 5.91 Å². The zero-order valence-corrected chi connectivity index (χ0v) is 15.6. The lowest BCUT2D eigenvalue weighted by molar-refractivity contribution is -0.150. The van der Waals surface area contributed by atoms with Crippen LogP contribution in [0.5, 0.6) is 5.75 Å². The number of rotatable bonds is 9. The van der Waals surface area contributed by atoms with Gasteiger partial charge in [0.05, 0.1) is 0 Å². The molecule has 0 saturated carbocycles. The molecule has 0 aromatic heterocycles. The van der Waals surface area contributed by atoms with Crippen LogP contribution in [-0.4, -0.2) is 37.4 Å². The maximum atomic E-state index is 11.7. The SMILES string of the molecule is CC(=O)c1ccc(OCC(=O)OCC(=O)NCCc2ccc(Cl)cc2)cc1. The average molecular weight is 390 g/mol. The van der Waals surface area contributed by atoms with E-state index in [1.54, 1.807) is 36.4 Å². The number of halogens is 1. The van der Waals surface area contributed by atoms with E-state index in [-0.39, 0.29) is 24.9 Å². The first-order valence-corrected chi connectivity index (χ1v) is 8.72. The number of nitrogens with one attached hydrogen (secondary N) is 1. The third-order valence-electron chi connectivity index (χ3n) is 3.63. The molecule has 2 aromatic carbocycles. The molecule has 0 aliphatic carbocycles. The first kappa shape index (κ1) is 20.5. The Morgan fingerprint density at radius 3 is 2.26 bits per heavy atom. The number of ether oxygens (including phenoxy) is 2. The van der Waals surface area contributed by atoms with Crippen molar-refractivity contribution in [3.05, 3.63) is 64.7 Å². The van der Waals surface area contributed by atoms with Gasteiger partial charge in [0, 0.05) is 17.1 Å². The number of amides is 1. The van der Waals surface area contributed by atoms with Gasteiger partial charge in [-0.15, -0.1) is 0 Å². The fourth-order valence-corrected chi connectivity index (χ4v) is 2.29. The molecule has 0 bridgehead atoms. The predicted octanol–water partition coefficient (Wildman–Crippen LogP) is 2.82. The number of esters is 1. The summed E-state index contributed by atoms with van der Waals surface area (Å²) in [6, 6.07) is 13.7. The van der Waals surface area contributed by atoms with Gasteiger partial charge in [-0.3, -0.25) is 9.59 Å². The Morgan fingerprint density at radius 1 is 0.963 bits per heavy atom. The van der Waals surface area contributed by atoms with Crippen molar-refractivity contribution in [3.63, 3.8) is 0 Å². The van der Waals surface area contributed by atoms with Crippen LogP contribution in [0.1, 0.15) is 22.8 Å². The summed E-state index contributed by atoms with van der Waals surface area (Å²) >= 11 is 5.81. The van der Waals surface area contributed by atoms with Crippen LogP contribution in [0, 0.1) is 0 Å². The van der Waals surface area contributed by atoms with Crippen molar-refractivity contribution in [3.8, 4) is 5.75 Å². The van der Waals surface area contributed by atoms with E-state index >= 15 is 0 Å². The minimum absolute atomic E-state index is 0.0527. The van der Waals surface area contributed by atoms with Crippen molar-refractivity contribution in [2.75, 3.05) is 19.8 Å². The lowest BCUT2D eigenvalue weighted by atomic mass is 10.1. The average Bonchev–Trinajstić information content (AvgIpc) is 2.66. The van der Waals surface area contributed by atoms with Gasteiger partial charge in [-0.05, 0) is 55.3 Å². The number of hydrogen-bond donors (Lipinski definition) is 1. The lowest BCUT2D eigenvalue weighted by Gasteiger charge is -2.08. The van der Waals surface area contributed by atoms with Crippen LogP contribution in [0.2, 0.25) is 5.02 Å². The Balaban J connectivity index is 1.62. The highest BCUT2D eigenvalue weighted by Gasteiger charge is 2.09. The molecule has 0 heterocycles. The fraction of sp³-hybridized carbons (Fsp3) is 0.250. The summed E-state index contributed by atoms with van der Waals surface area (Å²) in [4.78, 5) is 34.5. The van der Waals surface area contributed by atoms with Crippen molar-refractivity contribution in [2.45, 2.75) is 13.3 Å². The number of benzene rings is 2. The molecule has 2 rings (SSSR count). The van der Waals surface area contributed by atoms with Gasteiger partial charge in [-0.2, -0.15) is 0 Å². The second kappa shape index (κ2) is 10.3. The van der Waals surface area contributed by atoms with E-state index in [0.717, 1.165) is 5.56 Å². The minimum atomic E-state index is -0.654. The fourth-order valence-electron chi connectivity index (χ4n) is 2.16. The molecule has 0 fully saturated rings. The zero-order valence-electron chi connectivity index (χ0n) is 14.9. The molecule has 0 saturated heterocycles. The second-order valence-electron chi connectivity index (χ2n) is 5.76. The number of carbonyl (C=O) groups excluding carboxylic acids is 3. The van der Waals surface area contributed by atoms with E-state index in [2.05, 4.69) is 5.32 Å². The number of ketones is 1. The summed E-state index contributed by atoms with van der Waals surface area (Å²) in [6.07, 6.45) is 0.649. The molecule has 142 valence electrons. The maximum absolute atomic E-state index is 11.7. The Labute approximate surface area is 162 Å². The summed E-state index contributed by atoms with van der Waals surface area (Å²) in [6.45, 7) is 1.20. The van der Waals surface area contributed by atoms with Gasteiger partial charge in [0.15, 0.2) is 19.0 Å². The number of carbonyl (C=O) groups is 3. The van der Waals surface area contributed by atoms with Gasteiger partial charge in [0.1, 0.15) is 5.75 Å². The molecule has 1 N–H and O–H groups in total. The van der Waals surface area contributed by atoms with Gasteiger partial charge < -0.3 is 14.8 Å². The molecule has 2 aromatic rings. The largest absolute Gasteiger partial charge is 0.482 e. The highest BCUT2D eigenvalue weighted by Crippen LogP contribution is 2.12. The highest BCUT2D eigenvalue weighted by molar-refractivity contribution is 6.30. The summed E-state index contributed by atoms with van der Waals surface area (Å²) < 4.78 is 10.1. The Bertz CT molecular complexity index is 787. The van der Waals surface area contributed by atoms with Crippen LogP contribution in [0.4, 0.5) is 0 Å². The molecule has 6 nitrogen and oxygen atoms in total. The standard InChI is InChI=1S/C20H20ClNO5/c1-14(23)16-4-8-18(9-5-16)26-13-20(25)27-12-19(24)22-11-10-15-2-6-17(21)7-3-15/h2-9H,10-13H2,1H3,(H,22,24). The zero-order chi connectivity index (χ0) is 19.6. The Morgan fingerprint density at radius 2 is 1.63 bits per heavy atom. The third-order valence-corrected chi connectivity index (χ3v) is 3.88. The van der Waals surface area contributed by atoms with Crippen molar-refractivity contribution in [1.29, 1.82) is 0 Å². The Kier molecular flexibility index (Phi) is 7.82. The van der Waals surface area contributed by atoms with Crippen molar-refractivity contribution >= 4 is 29.3 Å². The smallest absolute Gasteiger partial charge is 0.344 e. The van der Waals surface area contributed by atoms with Crippen LogP contribution in [0.3, 0.4) is 0 Å². The van der Waals surface area contributed by atoms with Gasteiger partial charge >= 0.3 is 5.97 Å². The Hall–Kier alpha value is -2.86. The van der Waals surface area contributed by atoms with Crippen LogP contribution >= 0.6 is 11.6 Å². The van der Waals surface area contributed by atoms with Crippen molar-refractivity contribution in [1.82, 2.24) is 5.32 Å². The van der Waals surface area contributed by atoms with E-state index in [1.165, 1.54) is 6.92 Å². The van der Waals surface area contributed by atoms with Gasteiger partial charge in [-0.1, -0.05) is 23.7 Å². The van der Waals surface area contributed by atoms with E-state index < -0.39 is 5.97 Å². The molecule has 0 radical (unpaired) electrons. The quantitative estimate of drug-likeness (QED) is 0.526. The summed E-state index contributed by atoms with van der Waals surface area (Å²) in [5.41, 5.74) is 1.60. The first-order valence-electron chi connectivity index (χ1n) is 8.34. The summed E-state index contributed by atoms with van der Waals surface area (Å²) in [5, 5.41) is 3.33. The van der Waals surface area contributed by atoms with Crippen LogP contribution in [0.25, 0.3) is 0 Å². The molecule has 27 heavy (non-hydrogen) atoms. The van der Waals surface area contributed by atoms with E-state index in [9.17, 15) is 14.4 Å². The molecule has 1 amide bonds. The number of Topliss-reactive ketones (excluding diaryl/α,β-unsaturated/α-hetero) is 1. The molecule has 0 unspecified atom stereocenters.